The second kappa shape index (κ2) is 24.7. The molecule has 2 saturated heterocycles. The van der Waals surface area contributed by atoms with Crippen LogP contribution in [0.3, 0.4) is 0 Å². The number of carboxylic acids is 1. The van der Waals surface area contributed by atoms with E-state index in [1.165, 1.54) is 19.4 Å². The number of hydrogen-bond donors (Lipinski definition) is 1. The highest BCUT2D eigenvalue weighted by atomic mass is 16.6. The van der Waals surface area contributed by atoms with Gasteiger partial charge in [0.15, 0.2) is 11.2 Å². The highest BCUT2D eigenvalue weighted by molar-refractivity contribution is 5.79. The Balaban J connectivity index is 0.000000268. The summed E-state index contributed by atoms with van der Waals surface area (Å²) in [6.07, 6.45) is 3.16. The summed E-state index contributed by atoms with van der Waals surface area (Å²) >= 11 is 0. The third-order valence-electron chi connectivity index (χ3n) is 13.0. The Labute approximate surface area is 427 Å². The fraction of sp³-hybridized carbons (Fsp3) is 0.509. The zero-order chi connectivity index (χ0) is 53.0. The molecule has 72 heavy (non-hydrogen) atoms. The number of amides is 4. The van der Waals surface area contributed by atoms with Crippen molar-refractivity contribution in [2.24, 2.45) is 0 Å². The predicted molar refractivity (Wildman–Crippen MR) is 278 cm³/mol. The maximum atomic E-state index is 12.9. The summed E-state index contributed by atoms with van der Waals surface area (Å²) in [7, 11) is 5.33. The monoisotopic (exact) mass is 995 g/mol. The van der Waals surface area contributed by atoms with Gasteiger partial charge in [0.05, 0.1) is 39.0 Å². The van der Waals surface area contributed by atoms with E-state index in [0.29, 0.717) is 69.7 Å². The van der Waals surface area contributed by atoms with Gasteiger partial charge in [0.1, 0.15) is 28.7 Å². The van der Waals surface area contributed by atoms with Gasteiger partial charge in [-0.05, 0) is 130 Å². The van der Waals surface area contributed by atoms with E-state index in [1.807, 2.05) is 84.2 Å². The Hall–Kier alpha value is -6.64. The lowest BCUT2D eigenvalue weighted by Gasteiger charge is -2.25. The van der Waals surface area contributed by atoms with Gasteiger partial charge in [-0.3, -0.25) is 0 Å². The summed E-state index contributed by atoms with van der Waals surface area (Å²) in [6, 6.07) is 27.5. The van der Waals surface area contributed by atoms with Crippen LogP contribution in [0.1, 0.15) is 109 Å². The van der Waals surface area contributed by atoms with Crippen molar-refractivity contribution in [3.8, 4) is 28.7 Å². The first-order valence-electron chi connectivity index (χ1n) is 25.0. The van der Waals surface area contributed by atoms with Crippen LogP contribution in [-0.2, 0) is 39.3 Å². The molecule has 2 unspecified atom stereocenters. The SMILES string of the molecule is CCCc1cc(OC(C)(C)C(=O)O)ccc1OCCC1CN(Cc2ccc(C(C)(C)C)cc2)C(=O)N1C.CCOC(=O)C(C)(C)Oc1ccc(OCCC2CN(Cc3ccc(OC)cc3)C(=O)N2C)cc1C. The van der Waals surface area contributed by atoms with Crippen LogP contribution >= 0.6 is 0 Å². The standard InChI is InChI=1S/C30H42N2O5.C27H36N2O6/c1-8-9-22-18-25(37-30(5,6)27(33)34)14-15-26(22)36-17-16-24-20-32(28(35)31(24)7)19-21-10-12-23(13-11-21)29(2,3)4;1-7-33-25(30)27(3,4)35-24-13-12-23(16-19(24)2)34-15-14-21-18-29(26(31)28(21)5)17-20-8-10-22(32-6)11-9-20/h10-15,18,24H,8-9,16-17,19-20H2,1-7H3,(H,33,34);8-13,16,21H,7,14-15,17-18H2,1-6H3. The molecular weight excluding hydrogens is 917 g/mol. The molecule has 0 spiro atoms. The molecule has 0 bridgehead atoms. The van der Waals surface area contributed by atoms with Crippen LogP contribution in [0, 0.1) is 6.92 Å². The van der Waals surface area contributed by atoms with Crippen molar-refractivity contribution in [3.63, 3.8) is 0 Å². The van der Waals surface area contributed by atoms with Gasteiger partial charge in [-0.25, -0.2) is 19.2 Å². The number of nitrogens with zero attached hydrogens (tertiary/aromatic N) is 4. The zero-order valence-electron chi connectivity index (χ0n) is 44.8. The minimum atomic E-state index is -1.31. The topological polar surface area (TPSA) is 157 Å². The molecule has 2 aliphatic heterocycles. The first-order valence-corrected chi connectivity index (χ1v) is 25.0. The van der Waals surface area contributed by atoms with E-state index < -0.39 is 23.1 Å². The number of carbonyl (C=O) groups is 4. The molecule has 0 aromatic heterocycles. The van der Waals surface area contributed by atoms with Crippen molar-refractivity contribution in [1.29, 1.82) is 0 Å². The average Bonchev–Trinajstić information content (AvgIpc) is 3.74. The largest absolute Gasteiger partial charge is 0.497 e. The Morgan fingerprint density at radius 3 is 1.67 bits per heavy atom. The van der Waals surface area contributed by atoms with E-state index in [2.05, 4.69) is 52.0 Å². The van der Waals surface area contributed by atoms with Crippen molar-refractivity contribution >= 4 is 24.0 Å². The lowest BCUT2D eigenvalue weighted by atomic mass is 9.87. The molecule has 0 aliphatic carbocycles. The van der Waals surface area contributed by atoms with Gasteiger partial charge >= 0.3 is 24.0 Å². The summed E-state index contributed by atoms with van der Waals surface area (Å²) in [5.41, 5.74) is 3.02. The number of aryl methyl sites for hydroxylation is 2. The van der Waals surface area contributed by atoms with E-state index >= 15 is 0 Å². The number of benzene rings is 4. The van der Waals surface area contributed by atoms with Gasteiger partial charge < -0.3 is 53.1 Å². The molecule has 1 N–H and O–H groups in total. The van der Waals surface area contributed by atoms with Crippen LogP contribution in [0.2, 0.25) is 0 Å². The van der Waals surface area contributed by atoms with Crippen molar-refractivity contribution in [2.45, 2.75) is 137 Å². The van der Waals surface area contributed by atoms with Crippen LogP contribution in [0.25, 0.3) is 0 Å². The average molecular weight is 995 g/mol. The lowest BCUT2D eigenvalue weighted by Crippen LogP contribution is -2.39. The molecule has 4 amide bonds. The van der Waals surface area contributed by atoms with Crippen LogP contribution in [0.5, 0.6) is 28.7 Å². The minimum Gasteiger partial charge on any atom is -0.497 e. The first-order chi connectivity index (χ1) is 34.0. The molecule has 2 atom stereocenters. The Morgan fingerprint density at radius 1 is 0.653 bits per heavy atom. The molecule has 392 valence electrons. The Bertz CT molecular complexity index is 2450. The van der Waals surface area contributed by atoms with E-state index in [-0.39, 0.29) is 29.6 Å². The molecule has 2 aliphatic rings. The van der Waals surface area contributed by atoms with Gasteiger partial charge in [-0.15, -0.1) is 0 Å². The fourth-order valence-corrected chi connectivity index (χ4v) is 8.41. The highest BCUT2D eigenvalue weighted by Gasteiger charge is 2.36. The van der Waals surface area contributed by atoms with Crippen LogP contribution in [0.4, 0.5) is 9.59 Å². The zero-order valence-corrected chi connectivity index (χ0v) is 44.8. The van der Waals surface area contributed by atoms with Crippen LogP contribution < -0.4 is 23.7 Å². The van der Waals surface area contributed by atoms with Crippen molar-refractivity contribution in [2.75, 3.05) is 54.1 Å². The molecule has 6 rings (SSSR count). The highest BCUT2D eigenvalue weighted by Crippen LogP contribution is 2.31. The third-order valence-corrected chi connectivity index (χ3v) is 13.0. The molecule has 0 radical (unpaired) electrons. The quantitative estimate of drug-likeness (QED) is 0.0748. The number of aliphatic carboxylic acids is 1. The summed E-state index contributed by atoms with van der Waals surface area (Å²) in [5, 5.41) is 9.35. The fourth-order valence-electron chi connectivity index (χ4n) is 8.41. The molecule has 15 heteroatoms. The number of likely N-dealkylation sites (N-methyl/N-ethyl adjacent to an activating group) is 2. The Morgan fingerprint density at radius 2 is 1.17 bits per heavy atom. The molecule has 0 saturated carbocycles. The number of methoxy groups -OCH3 is 1. The van der Waals surface area contributed by atoms with Gasteiger partial charge in [0.25, 0.3) is 0 Å². The molecule has 2 fully saturated rings. The van der Waals surface area contributed by atoms with Gasteiger partial charge in [-0.2, -0.15) is 0 Å². The number of esters is 1. The maximum Gasteiger partial charge on any atom is 0.349 e. The van der Waals surface area contributed by atoms with Crippen LogP contribution in [-0.4, -0.2) is 126 Å². The number of rotatable bonds is 22. The number of urea groups is 2. The second-order valence-corrected chi connectivity index (χ2v) is 20.6. The molecule has 4 aromatic rings. The van der Waals surface area contributed by atoms with Crippen LogP contribution in [0.15, 0.2) is 84.9 Å². The lowest BCUT2D eigenvalue weighted by molar-refractivity contribution is -0.158. The molecule has 15 nitrogen and oxygen atoms in total. The van der Waals surface area contributed by atoms with E-state index in [0.717, 1.165) is 53.0 Å². The number of carbonyl (C=O) groups excluding carboxylic acids is 3. The number of hydrogen-bond acceptors (Lipinski definition) is 10. The molecule has 4 aromatic carbocycles. The molecular formula is C57H78N4O11. The summed E-state index contributed by atoms with van der Waals surface area (Å²) in [5.74, 6) is 1.97. The minimum absolute atomic E-state index is 0.0207. The first kappa shape index (κ1) is 56.3. The van der Waals surface area contributed by atoms with Gasteiger partial charge in [0.2, 0.25) is 0 Å². The maximum absolute atomic E-state index is 12.9. The number of ether oxygens (including phenoxy) is 6. The van der Waals surface area contributed by atoms with Crippen molar-refractivity contribution in [1.82, 2.24) is 19.6 Å². The van der Waals surface area contributed by atoms with Gasteiger partial charge in [-0.1, -0.05) is 70.5 Å². The van der Waals surface area contributed by atoms with E-state index in [1.54, 1.807) is 44.9 Å². The smallest absolute Gasteiger partial charge is 0.349 e. The Kier molecular flexibility index (Phi) is 19.3. The molecule has 2 heterocycles. The van der Waals surface area contributed by atoms with Crippen molar-refractivity contribution < 1.29 is 52.7 Å². The summed E-state index contributed by atoms with van der Waals surface area (Å²) in [4.78, 5) is 56.4. The summed E-state index contributed by atoms with van der Waals surface area (Å²) in [6.45, 7) is 22.5. The van der Waals surface area contributed by atoms with Gasteiger partial charge in [0, 0.05) is 53.1 Å². The number of carboxylic acid groups (broad SMARTS) is 1. The van der Waals surface area contributed by atoms with E-state index in [9.17, 15) is 24.3 Å². The third kappa shape index (κ3) is 15.2. The summed E-state index contributed by atoms with van der Waals surface area (Å²) < 4.78 is 34.0. The van der Waals surface area contributed by atoms with Crippen molar-refractivity contribution in [3.05, 3.63) is 113 Å². The normalized spacial score (nSPS) is 16.1. The van der Waals surface area contributed by atoms with E-state index in [4.69, 9.17) is 28.4 Å². The predicted octanol–water partition coefficient (Wildman–Crippen LogP) is 10.3. The second-order valence-electron chi connectivity index (χ2n) is 20.6.